The lowest BCUT2D eigenvalue weighted by Crippen LogP contribution is -2.33. The number of hydrogen-bond donors (Lipinski definition) is 0. The molecule has 3 rings (SSSR count). The van der Waals surface area contributed by atoms with E-state index in [-0.39, 0.29) is 11.4 Å². The van der Waals surface area contributed by atoms with Crippen LogP contribution in [0, 0.1) is 10.1 Å². The molecule has 0 aliphatic carbocycles. The van der Waals surface area contributed by atoms with Gasteiger partial charge in [-0.1, -0.05) is 36.4 Å². The van der Waals surface area contributed by atoms with Gasteiger partial charge in [-0.15, -0.1) is 0 Å². The zero-order valence-corrected chi connectivity index (χ0v) is 13.0. The van der Waals surface area contributed by atoms with Crippen molar-refractivity contribution in [1.29, 1.82) is 0 Å². The Bertz CT molecular complexity index is 806. The average Bonchev–Trinajstić information content (AvgIpc) is 2.79. The number of urea groups is 1. The highest BCUT2D eigenvalue weighted by atomic mass is 16.6. The van der Waals surface area contributed by atoms with E-state index in [0.717, 1.165) is 10.5 Å². The number of hydrogen-bond acceptors (Lipinski definition) is 4. The second-order valence-corrected chi connectivity index (χ2v) is 5.52. The number of nitrogens with zero attached hydrogens (tertiary/aromatic N) is 3. The fourth-order valence-electron chi connectivity index (χ4n) is 2.68. The maximum absolute atomic E-state index is 12.7. The van der Waals surface area contributed by atoms with Gasteiger partial charge in [-0.05, 0) is 18.6 Å². The molecule has 2 aromatic carbocycles. The molecule has 1 saturated heterocycles. The highest BCUT2D eigenvalue weighted by Gasteiger charge is 2.43. The molecular weight excluding hydrogens is 310 g/mol. The van der Waals surface area contributed by atoms with Gasteiger partial charge < -0.3 is 4.90 Å². The molecule has 1 atom stereocenters. The van der Waals surface area contributed by atoms with Crippen LogP contribution >= 0.6 is 0 Å². The zero-order chi connectivity index (χ0) is 17.3. The molecule has 0 spiro atoms. The Balaban J connectivity index is 1.90. The lowest BCUT2D eigenvalue weighted by atomic mass is 10.2. The van der Waals surface area contributed by atoms with Gasteiger partial charge in [0, 0.05) is 18.7 Å². The molecule has 122 valence electrons. The van der Waals surface area contributed by atoms with Crippen molar-refractivity contribution < 1.29 is 14.5 Å². The second kappa shape index (κ2) is 6.11. The van der Waals surface area contributed by atoms with Gasteiger partial charge in [0.05, 0.1) is 10.6 Å². The van der Waals surface area contributed by atoms with Crippen molar-refractivity contribution in [2.24, 2.45) is 0 Å². The Morgan fingerprint density at radius 1 is 1.08 bits per heavy atom. The quantitative estimate of drug-likeness (QED) is 0.491. The fourth-order valence-corrected chi connectivity index (χ4v) is 2.68. The molecule has 0 saturated carbocycles. The van der Waals surface area contributed by atoms with Crippen LogP contribution in [0.2, 0.25) is 0 Å². The van der Waals surface area contributed by atoms with Crippen molar-refractivity contribution in [2.45, 2.75) is 19.5 Å². The van der Waals surface area contributed by atoms with E-state index < -0.39 is 22.9 Å². The number of anilines is 1. The summed E-state index contributed by atoms with van der Waals surface area (Å²) >= 11 is 0. The third-order valence-electron chi connectivity index (χ3n) is 3.98. The van der Waals surface area contributed by atoms with E-state index in [1.54, 1.807) is 6.92 Å². The predicted molar refractivity (Wildman–Crippen MR) is 87.4 cm³/mol. The minimum absolute atomic E-state index is 0.165. The first-order chi connectivity index (χ1) is 11.5. The molecule has 0 N–H and O–H groups in total. The van der Waals surface area contributed by atoms with Gasteiger partial charge in [0.2, 0.25) is 0 Å². The van der Waals surface area contributed by atoms with Crippen LogP contribution in [-0.2, 0) is 11.3 Å². The van der Waals surface area contributed by atoms with Crippen molar-refractivity contribution in [3.63, 3.8) is 0 Å². The lowest BCUT2D eigenvalue weighted by Gasteiger charge is -2.19. The highest BCUT2D eigenvalue weighted by molar-refractivity contribution is 6.21. The summed E-state index contributed by atoms with van der Waals surface area (Å²) in [4.78, 5) is 38.0. The van der Waals surface area contributed by atoms with Gasteiger partial charge >= 0.3 is 6.03 Å². The van der Waals surface area contributed by atoms with Crippen LogP contribution < -0.4 is 4.90 Å². The van der Waals surface area contributed by atoms with Gasteiger partial charge in [-0.25, -0.2) is 9.69 Å². The van der Waals surface area contributed by atoms with Crippen LogP contribution in [0.1, 0.15) is 12.5 Å². The Labute approximate surface area is 138 Å². The lowest BCUT2D eigenvalue weighted by molar-refractivity contribution is -0.384. The van der Waals surface area contributed by atoms with Crippen LogP contribution in [0.3, 0.4) is 0 Å². The molecular formula is C17H15N3O4. The van der Waals surface area contributed by atoms with Crippen molar-refractivity contribution in [3.05, 3.63) is 70.3 Å². The molecule has 7 nitrogen and oxygen atoms in total. The number of nitro benzene ring substituents is 1. The largest absolute Gasteiger partial charge is 0.332 e. The van der Waals surface area contributed by atoms with Gasteiger partial charge in [-0.2, -0.15) is 0 Å². The van der Waals surface area contributed by atoms with Crippen LogP contribution in [0.25, 0.3) is 0 Å². The average molecular weight is 325 g/mol. The molecule has 24 heavy (non-hydrogen) atoms. The summed E-state index contributed by atoms with van der Waals surface area (Å²) in [7, 11) is 0. The third kappa shape index (κ3) is 2.71. The molecule has 7 heteroatoms. The van der Waals surface area contributed by atoms with Crippen molar-refractivity contribution in [3.8, 4) is 0 Å². The summed E-state index contributed by atoms with van der Waals surface area (Å²) in [5, 5.41) is 10.9. The fraction of sp³-hybridized carbons (Fsp3) is 0.176. The highest BCUT2D eigenvalue weighted by Crippen LogP contribution is 2.28. The van der Waals surface area contributed by atoms with Crippen LogP contribution in [0.5, 0.6) is 0 Å². The maximum Gasteiger partial charge on any atom is 0.332 e. The summed E-state index contributed by atoms with van der Waals surface area (Å²) < 4.78 is 0. The smallest absolute Gasteiger partial charge is 0.308 e. The van der Waals surface area contributed by atoms with Crippen molar-refractivity contribution in [1.82, 2.24) is 4.90 Å². The van der Waals surface area contributed by atoms with Crippen molar-refractivity contribution >= 4 is 23.3 Å². The Hall–Kier alpha value is -3.22. The molecule has 1 fully saturated rings. The SMILES string of the molecule is C[C@H]1C(=O)N(c2cccc([N+](=O)[O-])c2)C(=O)N1Cc1ccccc1. The van der Waals surface area contributed by atoms with Gasteiger partial charge in [0.15, 0.2) is 0 Å². The summed E-state index contributed by atoms with van der Waals surface area (Å²) in [5.41, 5.74) is 0.954. The Morgan fingerprint density at radius 3 is 2.46 bits per heavy atom. The minimum atomic E-state index is -0.628. The molecule has 1 aliphatic rings. The Morgan fingerprint density at radius 2 is 1.79 bits per heavy atom. The number of rotatable bonds is 4. The van der Waals surface area contributed by atoms with Crippen LogP contribution in [0.15, 0.2) is 54.6 Å². The van der Waals surface area contributed by atoms with E-state index in [2.05, 4.69) is 0 Å². The number of carbonyl (C=O) groups is 2. The van der Waals surface area contributed by atoms with E-state index in [9.17, 15) is 19.7 Å². The summed E-state index contributed by atoms with van der Waals surface area (Å²) in [6.45, 7) is 1.96. The Kier molecular flexibility index (Phi) is 3.99. The van der Waals surface area contributed by atoms with Gasteiger partial charge in [0.25, 0.3) is 11.6 Å². The molecule has 0 bridgehead atoms. The number of benzene rings is 2. The van der Waals surface area contributed by atoms with Crippen LogP contribution in [0.4, 0.5) is 16.2 Å². The van der Waals surface area contributed by atoms with E-state index in [1.807, 2.05) is 30.3 Å². The zero-order valence-electron chi connectivity index (χ0n) is 13.0. The first-order valence-electron chi connectivity index (χ1n) is 7.42. The topological polar surface area (TPSA) is 83.8 Å². The molecule has 1 aliphatic heterocycles. The summed E-state index contributed by atoms with van der Waals surface area (Å²) in [6, 6.07) is 13.8. The van der Waals surface area contributed by atoms with E-state index in [0.29, 0.717) is 6.54 Å². The molecule has 1 heterocycles. The predicted octanol–water partition coefficient (Wildman–Crippen LogP) is 2.95. The molecule has 3 amide bonds. The minimum Gasteiger partial charge on any atom is -0.308 e. The van der Waals surface area contributed by atoms with Crippen molar-refractivity contribution in [2.75, 3.05) is 4.90 Å². The van der Waals surface area contributed by atoms with E-state index >= 15 is 0 Å². The summed E-state index contributed by atoms with van der Waals surface area (Å²) in [5.74, 6) is -0.392. The molecule has 2 aromatic rings. The molecule has 0 aromatic heterocycles. The number of non-ortho nitro benzene ring substituents is 1. The normalized spacial score (nSPS) is 17.5. The number of imide groups is 1. The summed E-state index contributed by atoms with van der Waals surface area (Å²) in [6.07, 6.45) is 0. The first kappa shape index (κ1) is 15.7. The van der Waals surface area contributed by atoms with E-state index in [4.69, 9.17) is 0 Å². The van der Waals surface area contributed by atoms with Crippen LogP contribution in [-0.4, -0.2) is 27.8 Å². The van der Waals surface area contributed by atoms with Gasteiger partial charge in [-0.3, -0.25) is 14.9 Å². The maximum atomic E-state index is 12.7. The monoisotopic (exact) mass is 325 g/mol. The number of amides is 3. The second-order valence-electron chi connectivity index (χ2n) is 5.52. The van der Waals surface area contributed by atoms with Gasteiger partial charge in [0.1, 0.15) is 6.04 Å². The number of carbonyl (C=O) groups excluding carboxylic acids is 2. The standard InChI is InChI=1S/C17H15N3O4/c1-12-16(21)19(14-8-5-9-15(10-14)20(23)24)17(22)18(12)11-13-6-3-2-4-7-13/h2-10,12H,11H2,1H3/t12-/m0/s1. The first-order valence-corrected chi connectivity index (χ1v) is 7.42. The molecule has 0 radical (unpaired) electrons. The van der Waals surface area contributed by atoms with E-state index in [1.165, 1.54) is 29.2 Å². The molecule has 0 unspecified atom stereocenters. The number of nitro groups is 1. The third-order valence-corrected chi connectivity index (χ3v) is 3.98.